The molecule has 2 rings (SSSR count). The molecule has 0 radical (unpaired) electrons. The molecule has 1 saturated carbocycles. The van der Waals surface area contributed by atoms with Gasteiger partial charge in [0.25, 0.3) is 5.91 Å². The number of hydrogen-bond donors (Lipinski definition) is 2. The SMILES string of the molecule is CNC(=O)c1ccc(NC2(C(C)=O)CCC2)cc1F. The highest BCUT2D eigenvalue weighted by atomic mass is 19.1. The van der Waals surface area contributed by atoms with E-state index in [-0.39, 0.29) is 11.3 Å². The number of carbonyl (C=O) groups is 2. The fraction of sp³-hybridized carbons (Fsp3) is 0.429. The van der Waals surface area contributed by atoms with Gasteiger partial charge in [0.1, 0.15) is 5.82 Å². The lowest BCUT2D eigenvalue weighted by molar-refractivity contribution is -0.123. The Morgan fingerprint density at radius 2 is 2.00 bits per heavy atom. The van der Waals surface area contributed by atoms with Gasteiger partial charge in [-0.05, 0) is 44.4 Å². The van der Waals surface area contributed by atoms with Gasteiger partial charge in [-0.3, -0.25) is 9.59 Å². The Morgan fingerprint density at radius 1 is 1.32 bits per heavy atom. The van der Waals surface area contributed by atoms with E-state index < -0.39 is 17.3 Å². The maximum atomic E-state index is 13.8. The zero-order valence-corrected chi connectivity index (χ0v) is 11.0. The highest BCUT2D eigenvalue weighted by molar-refractivity contribution is 5.95. The Kier molecular flexibility index (Phi) is 3.55. The highest BCUT2D eigenvalue weighted by Gasteiger charge is 2.41. The smallest absolute Gasteiger partial charge is 0.253 e. The number of rotatable bonds is 4. The van der Waals surface area contributed by atoms with Crippen LogP contribution in [0.3, 0.4) is 0 Å². The first kappa shape index (κ1) is 13.5. The molecule has 4 nitrogen and oxygen atoms in total. The van der Waals surface area contributed by atoms with Gasteiger partial charge >= 0.3 is 0 Å². The molecule has 0 bridgehead atoms. The van der Waals surface area contributed by atoms with Gasteiger partial charge in [0.15, 0.2) is 5.78 Å². The van der Waals surface area contributed by atoms with Gasteiger partial charge in [0, 0.05) is 12.7 Å². The van der Waals surface area contributed by atoms with Crippen molar-refractivity contribution in [3.05, 3.63) is 29.6 Å². The molecule has 1 aromatic rings. The van der Waals surface area contributed by atoms with Crippen molar-refractivity contribution >= 4 is 17.4 Å². The van der Waals surface area contributed by atoms with Crippen LogP contribution in [-0.2, 0) is 4.79 Å². The maximum Gasteiger partial charge on any atom is 0.253 e. The quantitative estimate of drug-likeness (QED) is 0.875. The van der Waals surface area contributed by atoms with E-state index in [1.807, 2.05) is 0 Å². The van der Waals surface area contributed by atoms with Gasteiger partial charge in [-0.15, -0.1) is 0 Å². The molecule has 1 aliphatic carbocycles. The standard InChI is InChI=1S/C14H17FN2O2/c1-9(18)14(6-3-7-14)17-10-4-5-11(12(15)8-10)13(19)16-2/h4-5,8,17H,3,6-7H2,1-2H3,(H,16,19). The summed E-state index contributed by atoms with van der Waals surface area (Å²) in [6, 6.07) is 4.30. The van der Waals surface area contributed by atoms with E-state index in [4.69, 9.17) is 0 Å². The van der Waals surface area contributed by atoms with Gasteiger partial charge in [0.2, 0.25) is 0 Å². The highest BCUT2D eigenvalue weighted by Crippen LogP contribution is 2.36. The molecule has 1 aromatic carbocycles. The second kappa shape index (κ2) is 4.99. The monoisotopic (exact) mass is 264 g/mol. The van der Waals surface area contributed by atoms with Crippen LogP contribution in [0.5, 0.6) is 0 Å². The summed E-state index contributed by atoms with van der Waals surface area (Å²) in [6.45, 7) is 1.54. The van der Waals surface area contributed by atoms with E-state index >= 15 is 0 Å². The lowest BCUT2D eigenvalue weighted by Crippen LogP contribution is -2.51. The first-order valence-electron chi connectivity index (χ1n) is 6.29. The summed E-state index contributed by atoms with van der Waals surface area (Å²) in [4.78, 5) is 23.0. The lowest BCUT2D eigenvalue weighted by atomic mass is 9.74. The molecule has 19 heavy (non-hydrogen) atoms. The zero-order chi connectivity index (χ0) is 14.0. The van der Waals surface area contributed by atoms with Crippen molar-refractivity contribution in [1.29, 1.82) is 0 Å². The van der Waals surface area contributed by atoms with Crippen LogP contribution in [0.15, 0.2) is 18.2 Å². The van der Waals surface area contributed by atoms with Crippen molar-refractivity contribution in [3.63, 3.8) is 0 Å². The second-order valence-corrected chi connectivity index (χ2v) is 4.89. The molecule has 0 spiro atoms. The molecule has 1 fully saturated rings. The van der Waals surface area contributed by atoms with Crippen molar-refractivity contribution in [3.8, 4) is 0 Å². The number of carbonyl (C=O) groups excluding carboxylic acids is 2. The number of benzene rings is 1. The average Bonchev–Trinajstić information content (AvgIpc) is 2.32. The number of anilines is 1. The summed E-state index contributed by atoms with van der Waals surface area (Å²) >= 11 is 0. The van der Waals surface area contributed by atoms with Gasteiger partial charge < -0.3 is 10.6 Å². The summed E-state index contributed by atoms with van der Waals surface area (Å²) in [5, 5.41) is 5.47. The third-order valence-electron chi connectivity index (χ3n) is 3.71. The van der Waals surface area contributed by atoms with Crippen LogP contribution < -0.4 is 10.6 Å². The molecule has 1 amide bonds. The van der Waals surface area contributed by atoms with Gasteiger partial charge in [0.05, 0.1) is 11.1 Å². The van der Waals surface area contributed by atoms with Crippen LogP contribution in [0, 0.1) is 5.82 Å². The summed E-state index contributed by atoms with van der Waals surface area (Å²) in [7, 11) is 1.45. The Bertz CT molecular complexity index is 524. The second-order valence-electron chi connectivity index (χ2n) is 4.89. The minimum Gasteiger partial charge on any atom is -0.373 e. The zero-order valence-electron chi connectivity index (χ0n) is 11.0. The number of Topliss-reactive ketones (excluding diaryl/α,β-unsaturated/α-hetero) is 1. The van der Waals surface area contributed by atoms with Crippen LogP contribution in [0.4, 0.5) is 10.1 Å². The van der Waals surface area contributed by atoms with E-state index in [1.54, 1.807) is 13.0 Å². The maximum absolute atomic E-state index is 13.8. The van der Waals surface area contributed by atoms with Crippen molar-refractivity contribution in [2.75, 3.05) is 12.4 Å². The molecule has 0 unspecified atom stereocenters. The van der Waals surface area contributed by atoms with Crippen LogP contribution in [0.25, 0.3) is 0 Å². The minimum absolute atomic E-state index is 0.00136. The van der Waals surface area contributed by atoms with Crippen molar-refractivity contribution in [1.82, 2.24) is 5.32 Å². The molecule has 2 N–H and O–H groups in total. The third-order valence-corrected chi connectivity index (χ3v) is 3.71. The molecular formula is C14H17FN2O2. The van der Waals surface area contributed by atoms with Crippen LogP contribution in [0.1, 0.15) is 36.5 Å². The Morgan fingerprint density at radius 3 is 2.42 bits per heavy atom. The Hall–Kier alpha value is -1.91. The summed E-state index contributed by atoms with van der Waals surface area (Å²) in [5.74, 6) is -0.995. The third kappa shape index (κ3) is 2.45. The van der Waals surface area contributed by atoms with E-state index in [0.717, 1.165) is 19.3 Å². The van der Waals surface area contributed by atoms with Crippen LogP contribution >= 0.6 is 0 Å². The molecule has 1 aliphatic rings. The Labute approximate surface area is 111 Å². The predicted molar refractivity (Wildman–Crippen MR) is 70.7 cm³/mol. The molecule has 0 saturated heterocycles. The lowest BCUT2D eigenvalue weighted by Gasteiger charge is -2.41. The van der Waals surface area contributed by atoms with Crippen molar-refractivity contribution < 1.29 is 14.0 Å². The largest absolute Gasteiger partial charge is 0.373 e. The van der Waals surface area contributed by atoms with Gasteiger partial charge in [-0.25, -0.2) is 4.39 Å². The predicted octanol–water partition coefficient (Wildman–Crippen LogP) is 2.11. The molecule has 5 heteroatoms. The number of ketones is 1. The van der Waals surface area contributed by atoms with E-state index in [0.29, 0.717) is 5.69 Å². The molecule has 102 valence electrons. The molecular weight excluding hydrogens is 247 g/mol. The van der Waals surface area contributed by atoms with Gasteiger partial charge in [-0.2, -0.15) is 0 Å². The van der Waals surface area contributed by atoms with Crippen molar-refractivity contribution in [2.45, 2.75) is 31.7 Å². The fourth-order valence-electron chi connectivity index (χ4n) is 2.28. The van der Waals surface area contributed by atoms with Gasteiger partial charge in [-0.1, -0.05) is 0 Å². The van der Waals surface area contributed by atoms with E-state index in [1.165, 1.54) is 19.2 Å². The summed E-state index contributed by atoms with van der Waals surface area (Å²) in [6.07, 6.45) is 2.52. The van der Waals surface area contributed by atoms with E-state index in [2.05, 4.69) is 10.6 Å². The molecule has 0 atom stereocenters. The van der Waals surface area contributed by atoms with Crippen molar-refractivity contribution in [2.24, 2.45) is 0 Å². The number of amides is 1. The normalized spacial score (nSPS) is 16.4. The fourth-order valence-corrected chi connectivity index (χ4v) is 2.28. The topological polar surface area (TPSA) is 58.2 Å². The number of nitrogens with one attached hydrogen (secondary N) is 2. The minimum atomic E-state index is -0.595. The Balaban J connectivity index is 2.21. The molecule has 0 aromatic heterocycles. The average molecular weight is 264 g/mol. The first-order valence-corrected chi connectivity index (χ1v) is 6.29. The summed E-state index contributed by atoms with van der Waals surface area (Å²) < 4.78 is 13.8. The summed E-state index contributed by atoms with van der Waals surface area (Å²) in [5.41, 5.74) is -0.0281. The van der Waals surface area contributed by atoms with Crippen LogP contribution in [-0.4, -0.2) is 24.3 Å². The molecule has 0 aliphatic heterocycles. The number of halogens is 1. The van der Waals surface area contributed by atoms with E-state index in [9.17, 15) is 14.0 Å². The van der Waals surface area contributed by atoms with Crippen LogP contribution in [0.2, 0.25) is 0 Å². The first-order chi connectivity index (χ1) is 8.98. The number of hydrogen-bond acceptors (Lipinski definition) is 3. The molecule has 0 heterocycles.